The molecule has 0 radical (unpaired) electrons. The minimum Gasteiger partial charge on any atom is -0.374 e. The zero-order chi connectivity index (χ0) is 10.7. The molecule has 0 aromatic rings. The second-order valence-corrected chi connectivity index (χ2v) is 3.16. The lowest BCUT2D eigenvalue weighted by Gasteiger charge is -2.17. The summed E-state index contributed by atoms with van der Waals surface area (Å²) in [5, 5.41) is 12.3. The van der Waals surface area contributed by atoms with E-state index in [-0.39, 0.29) is 0 Å². The number of hydrogen-bond acceptors (Lipinski definition) is 4. The Morgan fingerprint density at radius 3 is 2.79 bits per heavy atom. The highest BCUT2D eigenvalue weighted by atomic mass is 16.3. The number of aliphatic hydroxyl groups is 1. The van der Waals surface area contributed by atoms with Crippen molar-refractivity contribution in [2.24, 2.45) is 10.7 Å². The van der Waals surface area contributed by atoms with E-state index in [2.05, 4.69) is 16.9 Å². The highest BCUT2D eigenvalue weighted by Crippen LogP contribution is 2.13. The maximum absolute atomic E-state index is 9.26. The fraction of sp³-hybridized carbons (Fsp3) is 0.300. The monoisotopic (exact) mass is 193 g/mol. The van der Waals surface area contributed by atoms with Crippen LogP contribution in [0.15, 0.2) is 40.8 Å². The molecule has 1 rings (SSSR count). The van der Waals surface area contributed by atoms with Gasteiger partial charge in [0, 0.05) is 17.0 Å². The van der Waals surface area contributed by atoms with Crippen LogP contribution < -0.4 is 11.1 Å². The number of hydrogen-bond donors (Lipinski definition) is 3. The topological polar surface area (TPSA) is 70.6 Å². The van der Waals surface area contributed by atoms with Crippen LogP contribution in [0.3, 0.4) is 0 Å². The van der Waals surface area contributed by atoms with Gasteiger partial charge in [-0.25, -0.2) is 4.99 Å². The van der Waals surface area contributed by atoms with Crippen LogP contribution in [0.5, 0.6) is 0 Å². The van der Waals surface area contributed by atoms with Crippen LogP contribution in [0.25, 0.3) is 0 Å². The Morgan fingerprint density at radius 2 is 2.36 bits per heavy atom. The molecule has 1 heterocycles. The Morgan fingerprint density at radius 1 is 1.71 bits per heavy atom. The quantitative estimate of drug-likeness (QED) is 0.563. The van der Waals surface area contributed by atoms with Crippen molar-refractivity contribution in [3.63, 3.8) is 0 Å². The normalized spacial score (nSPS) is 21.7. The lowest BCUT2D eigenvalue weighted by molar-refractivity contribution is 0.221. The number of rotatable bonds is 2. The molecule has 4 nitrogen and oxygen atoms in total. The summed E-state index contributed by atoms with van der Waals surface area (Å²) < 4.78 is 0. The van der Waals surface area contributed by atoms with Gasteiger partial charge in [-0.05, 0) is 19.9 Å². The number of nitrogens with two attached hydrogens (primary N) is 1. The molecule has 4 N–H and O–H groups in total. The number of aliphatic hydroxyl groups excluding tert-OH is 1. The highest BCUT2D eigenvalue weighted by molar-refractivity contribution is 5.94. The van der Waals surface area contributed by atoms with Crippen LogP contribution in [0.2, 0.25) is 0 Å². The first-order valence-electron chi connectivity index (χ1n) is 4.35. The second kappa shape index (κ2) is 4.21. The van der Waals surface area contributed by atoms with Crippen molar-refractivity contribution in [1.82, 2.24) is 5.32 Å². The van der Waals surface area contributed by atoms with E-state index >= 15 is 0 Å². The zero-order valence-electron chi connectivity index (χ0n) is 8.41. The molecule has 0 fully saturated rings. The molecule has 0 aromatic carbocycles. The molecule has 1 aliphatic rings. The van der Waals surface area contributed by atoms with Crippen LogP contribution in [0, 0.1) is 0 Å². The summed E-state index contributed by atoms with van der Waals surface area (Å²) in [5.74, 6) is 0.563. The predicted octanol–water partition coefficient (Wildman–Crippen LogP) is 0.629. The van der Waals surface area contributed by atoms with Crippen LogP contribution in [-0.4, -0.2) is 17.0 Å². The van der Waals surface area contributed by atoms with Crippen molar-refractivity contribution in [2.45, 2.75) is 20.1 Å². The average molecular weight is 193 g/mol. The van der Waals surface area contributed by atoms with Gasteiger partial charge in [-0.2, -0.15) is 0 Å². The third-order valence-electron chi connectivity index (χ3n) is 1.84. The molecule has 0 bridgehead atoms. The summed E-state index contributed by atoms with van der Waals surface area (Å²) in [4.78, 5) is 4.22. The molecule has 1 unspecified atom stereocenters. The lowest BCUT2D eigenvalue weighted by atomic mass is 10.2. The van der Waals surface area contributed by atoms with E-state index in [0.29, 0.717) is 11.4 Å². The summed E-state index contributed by atoms with van der Waals surface area (Å²) in [7, 11) is 0. The first kappa shape index (κ1) is 10.7. The van der Waals surface area contributed by atoms with Crippen molar-refractivity contribution in [2.75, 3.05) is 0 Å². The van der Waals surface area contributed by atoms with Gasteiger partial charge in [-0.1, -0.05) is 12.7 Å². The largest absolute Gasteiger partial charge is 0.374 e. The molecule has 0 aliphatic carbocycles. The van der Waals surface area contributed by atoms with E-state index in [1.165, 1.54) is 6.08 Å². The Kier molecular flexibility index (Phi) is 3.22. The van der Waals surface area contributed by atoms with E-state index in [0.717, 1.165) is 11.4 Å². The fourth-order valence-electron chi connectivity index (χ4n) is 1.27. The van der Waals surface area contributed by atoms with Gasteiger partial charge in [0.2, 0.25) is 0 Å². The Bertz CT molecular complexity index is 337. The number of nitrogens with one attached hydrogen (secondary N) is 1. The van der Waals surface area contributed by atoms with E-state index in [1.54, 1.807) is 0 Å². The lowest BCUT2D eigenvalue weighted by Crippen LogP contribution is -2.26. The molecular formula is C10H15N3O. The van der Waals surface area contributed by atoms with Gasteiger partial charge in [0.15, 0.2) is 0 Å². The third-order valence-corrected chi connectivity index (χ3v) is 1.84. The average Bonchev–Trinajstić information content (AvgIpc) is 2.02. The summed E-state index contributed by atoms with van der Waals surface area (Å²) in [5.41, 5.74) is 7.70. The van der Waals surface area contributed by atoms with Crippen molar-refractivity contribution in [3.05, 3.63) is 35.8 Å². The van der Waals surface area contributed by atoms with Crippen molar-refractivity contribution < 1.29 is 5.11 Å². The molecule has 4 heteroatoms. The van der Waals surface area contributed by atoms with Crippen LogP contribution in [0.1, 0.15) is 13.8 Å². The van der Waals surface area contributed by atoms with E-state index < -0.39 is 6.23 Å². The molecule has 0 amide bonds. The fourth-order valence-corrected chi connectivity index (χ4v) is 1.27. The van der Waals surface area contributed by atoms with E-state index in [9.17, 15) is 5.11 Å². The summed E-state index contributed by atoms with van der Waals surface area (Å²) in [6, 6.07) is 0. The number of nitrogens with zero attached hydrogens (tertiary/aromatic N) is 1. The highest BCUT2D eigenvalue weighted by Gasteiger charge is 2.12. The van der Waals surface area contributed by atoms with Gasteiger partial charge < -0.3 is 16.2 Å². The van der Waals surface area contributed by atoms with Crippen molar-refractivity contribution in [1.29, 1.82) is 0 Å². The molecule has 14 heavy (non-hydrogen) atoms. The minimum absolute atomic E-state index is 0.497. The Labute approximate surface area is 83.5 Å². The number of allylic oxidation sites excluding steroid dienone is 2. The Balaban J connectivity index is 3.10. The van der Waals surface area contributed by atoms with Gasteiger partial charge in [-0.15, -0.1) is 0 Å². The SMILES string of the molecule is C=C/C(=C1/N=C(C)C=C(C)N1)C(N)O. The summed E-state index contributed by atoms with van der Waals surface area (Å²) in [6.07, 6.45) is 2.35. The zero-order valence-corrected chi connectivity index (χ0v) is 8.41. The van der Waals surface area contributed by atoms with Gasteiger partial charge in [0.25, 0.3) is 0 Å². The summed E-state index contributed by atoms with van der Waals surface area (Å²) in [6.45, 7) is 7.38. The Hall–Kier alpha value is -1.39. The molecule has 0 saturated carbocycles. The molecule has 0 aromatic heterocycles. The third kappa shape index (κ3) is 2.31. The van der Waals surface area contributed by atoms with Gasteiger partial charge in [0.05, 0.1) is 0 Å². The first-order valence-corrected chi connectivity index (χ1v) is 4.35. The van der Waals surface area contributed by atoms with Crippen LogP contribution in [0.4, 0.5) is 0 Å². The standard InChI is InChI=1S/C10H15N3O/c1-4-8(9(11)14)10-12-6(2)5-7(3)13-10/h4-5,9,12,14H,1,11H2,2-3H3/b10-8-. The van der Waals surface area contributed by atoms with Gasteiger partial charge in [-0.3, -0.25) is 0 Å². The van der Waals surface area contributed by atoms with Crippen molar-refractivity contribution in [3.8, 4) is 0 Å². The molecule has 1 aliphatic heterocycles. The molecule has 76 valence electrons. The molecule has 0 spiro atoms. The molecule has 1 atom stereocenters. The molecular weight excluding hydrogens is 178 g/mol. The van der Waals surface area contributed by atoms with Gasteiger partial charge in [0.1, 0.15) is 12.0 Å². The van der Waals surface area contributed by atoms with Gasteiger partial charge >= 0.3 is 0 Å². The molecule has 0 saturated heterocycles. The van der Waals surface area contributed by atoms with E-state index in [4.69, 9.17) is 5.73 Å². The number of aliphatic imine (C=N–C) groups is 1. The first-order chi connectivity index (χ1) is 6.54. The minimum atomic E-state index is -1.06. The summed E-state index contributed by atoms with van der Waals surface area (Å²) >= 11 is 0. The van der Waals surface area contributed by atoms with Crippen LogP contribution >= 0.6 is 0 Å². The maximum Gasteiger partial charge on any atom is 0.137 e. The second-order valence-electron chi connectivity index (χ2n) is 3.16. The van der Waals surface area contributed by atoms with Crippen LogP contribution in [-0.2, 0) is 0 Å². The van der Waals surface area contributed by atoms with Crippen molar-refractivity contribution >= 4 is 5.71 Å². The van der Waals surface area contributed by atoms with E-state index in [1.807, 2.05) is 19.9 Å². The maximum atomic E-state index is 9.26. The predicted molar refractivity (Wildman–Crippen MR) is 57.4 cm³/mol. The smallest absolute Gasteiger partial charge is 0.137 e.